The van der Waals surface area contributed by atoms with Gasteiger partial charge in [-0.1, -0.05) is 0 Å². The average Bonchev–Trinajstić information content (AvgIpc) is 3.25. The second-order valence-electron chi connectivity index (χ2n) is 7.88. The van der Waals surface area contributed by atoms with Crippen LogP contribution in [0.2, 0.25) is 0 Å². The molecule has 0 unspecified atom stereocenters. The molecule has 1 aliphatic rings. The van der Waals surface area contributed by atoms with Gasteiger partial charge in [0.15, 0.2) is 5.76 Å². The van der Waals surface area contributed by atoms with E-state index < -0.39 is 5.60 Å². The number of carbonyl (C=O) groups is 1. The molecule has 0 atom stereocenters. The van der Waals surface area contributed by atoms with Crippen molar-refractivity contribution in [1.29, 1.82) is 5.26 Å². The standard InChI is InChI=1S/C20H22N6O3/c1-20(2,3)29-19(27)25-6-5-14-12(10-25)7-15(28-14)17-18(22-4)26-11-23-13(9-21)8-16(26)24-17/h7-8,11,22H,5-6,10H2,1-4H3. The van der Waals surface area contributed by atoms with Crippen LogP contribution in [-0.4, -0.2) is 44.6 Å². The summed E-state index contributed by atoms with van der Waals surface area (Å²) in [6.07, 6.45) is 1.84. The Balaban J connectivity index is 1.66. The van der Waals surface area contributed by atoms with E-state index >= 15 is 0 Å². The van der Waals surface area contributed by atoms with Gasteiger partial charge in [-0.15, -0.1) is 0 Å². The first-order chi connectivity index (χ1) is 13.8. The largest absolute Gasteiger partial charge is 0.459 e. The Bertz CT molecular complexity index is 1130. The highest BCUT2D eigenvalue weighted by molar-refractivity contribution is 5.74. The lowest BCUT2D eigenvalue weighted by atomic mass is 10.1. The van der Waals surface area contributed by atoms with Crippen molar-refractivity contribution >= 4 is 17.6 Å². The van der Waals surface area contributed by atoms with Gasteiger partial charge in [0.25, 0.3) is 0 Å². The van der Waals surface area contributed by atoms with Gasteiger partial charge in [-0.2, -0.15) is 5.26 Å². The fourth-order valence-electron chi connectivity index (χ4n) is 3.35. The SMILES string of the molecule is CNc1c(-c2cc3c(o2)CCN(C(=O)OC(C)(C)C)C3)nc2cc(C#N)ncn12. The van der Waals surface area contributed by atoms with Crippen molar-refractivity contribution in [2.24, 2.45) is 0 Å². The first-order valence-corrected chi connectivity index (χ1v) is 9.35. The van der Waals surface area contributed by atoms with Crippen LogP contribution in [-0.2, 0) is 17.7 Å². The summed E-state index contributed by atoms with van der Waals surface area (Å²) in [5, 5.41) is 12.2. The molecule has 4 rings (SSSR count). The number of amides is 1. The quantitative estimate of drug-likeness (QED) is 0.711. The van der Waals surface area contributed by atoms with Gasteiger partial charge in [-0.25, -0.2) is 14.8 Å². The number of anilines is 1. The van der Waals surface area contributed by atoms with Gasteiger partial charge < -0.3 is 19.4 Å². The third kappa shape index (κ3) is 3.49. The second kappa shape index (κ2) is 6.81. The van der Waals surface area contributed by atoms with Crippen molar-refractivity contribution in [3.63, 3.8) is 0 Å². The number of carbonyl (C=O) groups excluding carboxylic acids is 1. The molecule has 0 spiro atoms. The highest BCUT2D eigenvalue weighted by Crippen LogP contribution is 2.34. The lowest BCUT2D eigenvalue weighted by Gasteiger charge is -2.29. The molecule has 0 aliphatic carbocycles. The van der Waals surface area contributed by atoms with Crippen LogP contribution in [0.5, 0.6) is 0 Å². The minimum atomic E-state index is -0.534. The smallest absolute Gasteiger partial charge is 0.410 e. The number of hydrogen-bond acceptors (Lipinski definition) is 7. The van der Waals surface area contributed by atoms with Crippen LogP contribution < -0.4 is 5.32 Å². The highest BCUT2D eigenvalue weighted by Gasteiger charge is 2.29. The number of fused-ring (bicyclic) bond motifs is 2. The molecular weight excluding hydrogens is 372 g/mol. The lowest BCUT2D eigenvalue weighted by Crippen LogP contribution is -2.39. The van der Waals surface area contributed by atoms with E-state index in [1.165, 1.54) is 0 Å². The first-order valence-electron chi connectivity index (χ1n) is 9.35. The van der Waals surface area contributed by atoms with E-state index in [2.05, 4.69) is 15.3 Å². The molecule has 3 aromatic rings. The van der Waals surface area contributed by atoms with Crippen LogP contribution in [0.15, 0.2) is 22.9 Å². The molecule has 9 heteroatoms. The molecule has 9 nitrogen and oxygen atoms in total. The van der Waals surface area contributed by atoms with Crippen molar-refractivity contribution in [3.05, 3.63) is 35.5 Å². The Hall–Kier alpha value is -3.54. The van der Waals surface area contributed by atoms with Gasteiger partial charge >= 0.3 is 6.09 Å². The van der Waals surface area contributed by atoms with Crippen molar-refractivity contribution in [1.82, 2.24) is 19.3 Å². The van der Waals surface area contributed by atoms with E-state index in [1.54, 1.807) is 28.7 Å². The third-order valence-corrected chi connectivity index (χ3v) is 4.62. The van der Waals surface area contributed by atoms with Crippen LogP contribution in [0.25, 0.3) is 17.1 Å². The number of hydrogen-bond donors (Lipinski definition) is 1. The summed E-state index contributed by atoms with van der Waals surface area (Å²) in [5.74, 6) is 2.16. The maximum absolute atomic E-state index is 12.4. The molecule has 1 amide bonds. The number of rotatable bonds is 2. The first kappa shape index (κ1) is 18.8. The predicted molar refractivity (Wildman–Crippen MR) is 105 cm³/mol. The van der Waals surface area contributed by atoms with Crippen LogP contribution in [0.3, 0.4) is 0 Å². The van der Waals surface area contributed by atoms with E-state index in [4.69, 9.17) is 14.4 Å². The summed E-state index contributed by atoms with van der Waals surface area (Å²) >= 11 is 0. The van der Waals surface area contributed by atoms with Crippen molar-refractivity contribution in [3.8, 4) is 17.5 Å². The average molecular weight is 394 g/mol. The molecule has 1 aliphatic heterocycles. The number of nitrogens with zero attached hydrogens (tertiary/aromatic N) is 5. The molecule has 29 heavy (non-hydrogen) atoms. The van der Waals surface area contributed by atoms with Crippen molar-refractivity contribution < 1.29 is 13.9 Å². The fraction of sp³-hybridized carbons (Fsp3) is 0.400. The Labute approximate surface area is 167 Å². The molecule has 0 bridgehead atoms. The van der Waals surface area contributed by atoms with Crippen LogP contribution in [0.1, 0.15) is 37.8 Å². The molecule has 0 radical (unpaired) electrons. The Morgan fingerprint density at radius 2 is 2.17 bits per heavy atom. The summed E-state index contributed by atoms with van der Waals surface area (Å²) in [7, 11) is 1.79. The monoisotopic (exact) mass is 394 g/mol. The molecule has 1 N–H and O–H groups in total. The summed E-state index contributed by atoms with van der Waals surface area (Å²) in [6.45, 7) is 6.52. The summed E-state index contributed by atoms with van der Waals surface area (Å²) < 4.78 is 13.3. The van der Waals surface area contributed by atoms with Crippen LogP contribution in [0, 0.1) is 11.3 Å². The molecule has 3 aromatic heterocycles. The summed E-state index contributed by atoms with van der Waals surface area (Å²) in [4.78, 5) is 22.8. The molecule has 0 saturated heterocycles. The number of furan rings is 1. The van der Waals surface area contributed by atoms with Gasteiger partial charge in [-0.3, -0.25) is 4.40 Å². The zero-order valence-corrected chi connectivity index (χ0v) is 16.8. The van der Waals surface area contributed by atoms with Gasteiger partial charge in [0.1, 0.15) is 46.6 Å². The summed E-state index contributed by atoms with van der Waals surface area (Å²) in [6, 6.07) is 5.55. The van der Waals surface area contributed by atoms with Gasteiger partial charge in [0.05, 0.1) is 6.54 Å². The highest BCUT2D eigenvalue weighted by atomic mass is 16.6. The Kier molecular flexibility index (Phi) is 4.42. The van der Waals surface area contributed by atoms with E-state index in [9.17, 15) is 4.79 Å². The molecule has 0 saturated carbocycles. The Morgan fingerprint density at radius 3 is 2.86 bits per heavy atom. The van der Waals surface area contributed by atoms with Crippen molar-refractivity contribution in [2.75, 3.05) is 18.9 Å². The van der Waals surface area contributed by atoms with Gasteiger partial charge in [0.2, 0.25) is 0 Å². The fourth-order valence-corrected chi connectivity index (χ4v) is 3.35. The Morgan fingerprint density at radius 1 is 1.38 bits per heavy atom. The summed E-state index contributed by atoms with van der Waals surface area (Å²) in [5.41, 5.74) is 1.92. The molecule has 0 fully saturated rings. The third-order valence-electron chi connectivity index (χ3n) is 4.62. The predicted octanol–water partition coefficient (Wildman–Crippen LogP) is 3.20. The molecular formula is C20H22N6O3. The van der Waals surface area contributed by atoms with Crippen LogP contribution in [0.4, 0.5) is 10.6 Å². The van der Waals surface area contributed by atoms with Crippen LogP contribution >= 0.6 is 0 Å². The lowest BCUT2D eigenvalue weighted by molar-refractivity contribution is 0.0219. The second-order valence-corrected chi connectivity index (χ2v) is 7.88. The maximum Gasteiger partial charge on any atom is 0.410 e. The molecule has 4 heterocycles. The van der Waals surface area contributed by atoms with Crippen molar-refractivity contribution in [2.45, 2.75) is 39.3 Å². The topological polar surface area (TPSA) is 109 Å². The number of imidazole rings is 1. The van der Waals surface area contributed by atoms with Gasteiger partial charge in [0, 0.05) is 31.6 Å². The number of nitriles is 1. The number of ether oxygens (including phenoxy) is 1. The van der Waals surface area contributed by atoms with E-state index in [-0.39, 0.29) is 6.09 Å². The van der Waals surface area contributed by atoms with E-state index in [0.717, 1.165) is 11.3 Å². The van der Waals surface area contributed by atoms with E-state index in [0.29, 0.717) is 48.1 Å². The number of aromatic nitrogens is 3. The normalized spacial score (nSPS) is 13.8. The zero-order chi connectivity index (χ0) is 20.8. The zero-order valence-electron chi connectivity index (χ0n) is 16.8. The number of nitrogens with one attached hydrogen (secondary N) is 1. The minimum absolute atomic E-state index is 0.295. The molecule has 150 valence electrons. The molecule has 0 aromatic carbocycles. The minimum Gasteiger partial charge on any atom is -0.459 e. The van der Waals surface area contributed by atoms with Gasteiger partial charge in [-0.05, 0) is 26.8 Å². The van der Waals surface area contributed by atoms with E-state index in [1.807, 2.05) is 32.9 Å². The maximum atomic E-state index is 12.4.